The van der Waals surface area contributed by atoms with Crippen LogP contribution in [0.2, 0.25) is 0 Å². The Morgan fingerprint density at radius 2 is 1.80 bits per heavy atom. The molecule has 0 aliphatic carbocycles. The molecule has 2 amide bonds. The highest BCUT2D eigenvalue weighted by atomic mass is 32.2. The van der Waals surface area contributed by atoms with Gasteiger partial charge < -0.3 is 19.1 Å². The van der Waals surface area contributed by atoms with Gasteiger partial charge in [0.15, 0.2) is 0 Å². The first kappa shape index (κ1) is 22.0. The smallest absolute Gasteiger partial charge is 0.326 e. The third-order valence-electron chi connectivity index (χ3n) is 4.79. The number of methoxy groups -OCH3 is 2. The van der Waals surface area contributed by atoms with Crippen LogP contribution in [0.4, 0.5) is 10.5 Å². The number of hydrogen-bond donors (Lipinski definition) is 0. The number of anilines is 1. The molecule has 0 unspecified atom stereocenters. The van der Waals surface area contributed by atoms with E-state index in [0.29, 0.717) is 17.1 Å². The normalized spacial score (nSPS) is 18.0. The number of thioether (sulfide) groups is 1. The molecule has 2 saturated heterocycles. The molecule has 8 nitrogen and oxygen atoms in total. The molecule has 3 rings (SSSR count). The molecule has 1 aromatic rings. The number of rotatable bonds is 7. The summed E-state index contributed by atoms with van der Waals surface area (Å²) in [4.78, 5) is 40.2. The fraction of sp³-hybridized carbons (Fsp3) is 0.476. The van der Waals surface area contributed by atoms with Crippen LogP contribution in [0.1, 0.15) is 32.3 Å². The number of ether oxygens (including phenoxy) is 3. The topological polar surface area (TPSA) is 85.4 Å². The van der Waals surface area contributed by atoms with Crippen LogP contribution in [0.5, 0.6) is 11.5 Å². The highest BCUT2D eigenvalue weighted by molar-refractivity contribution is 8.18. The van der Waals surface area contributed by atoms with Crippen LogP contribution in [-0.4, -0.2) is 62.0 Å². The first-order chi connectivity index (χ1) is 14.3. The molecule has 2 aliphatic heterocycles. The van der Waals surface area contributed by atoms with Crippen molar-refractivity contribution >= 4 is 40.6 Å². The van der Waals surface area contributed by atoms with Crippen LogP contribution < -0.4 is 14.4 Å². The van der Waals surface area contributed by atoms with E-state index in [9.17, 15) is 14.4 Å². The van der Waals surface area contributed by atoms with Gasteiger partial charge in [0.1, 0.15) is 18.0 Å². The zero-order valence-corrected chi connectivity index (χ0v) is 18.4. The number of nitrogens with zero attached hydrogens (tertiary/aromatic N) is 2. The second-order valence-corrected chi connectivity index (χ2v) is 8.26. The van der Waals surface area contributed by atoms with E-state index in [1.54, 1.807) is 40.2 Å². The number of carbonyl (C=O) groups is 3. The number of benzene rings is 1. The van der Waals surface area contributed by atoms with Gasteiger partial charge in [-0.05, 0) is 50.6 Å². The zero-order chi connectivity index (χ0) is 21.8. The van der Waals surface area contributed by atoms with Crippen molar-refractivity contribution in [3.05, 3.63) is 22.6 Å². The Balaban J connectivity index is 1.87. The summed E-state index contributed by atoms with van der Waals surface area (Å²) in [7, 11) is 3.15. The van der Waals surface area contributed by atoms with Gasteiger partial charge in [-0.15, -0.1) is 0 Å². The number of amides is 2. The van der Waals surface area contributed by atoms with E-state index in [4.69, 9.17) is 14.2 Å². The summed E-state index contributed by atoms with van der Waals surface area (Å²) in [5.41, 5.74) is 1.56. The van der Waals surface area contributed by atoms with E-state index in [-0.39, 0.29) is 11.0 Å². The lowest BCUT2D eigenvalue weighted by Gasteiger charge is -2.22. The van der Waals surface area contributed by atoms with E-state index < -0.39 is 23.7 Å². The summed E-state index contributed by atoms with van der Waals surface area (Å²) in [5.74, 6) is 0.0884. The first-order valence-electron chi connectivity index (χ1n) is 9.80. The summed E-state index contributed by atoms with van der Waals surface area (Å²) in [6.45, 7) is 4.90. The molecule has 30 heavy (non-hydrogen) atoms. The average Bonchev–Trinajstić information content (AvgIpc) is 3.32. The SMILES string of the molecule is COc1cc(N2CCCC2)c(OC)cc1C=C1SC(=O)N(CC(=O)OC(C)C)C1=O. The van der Waals surface area contributed by atoms with E-state index in [1.807, 2.05) is 6.07 Å². The molecule has 2 aliphatic rings. The van der Waals surface area contributed by atoms with Crippen molar-refractivity contribution in [1.82, 2.24) is 4.90 Å². The molecule has 0 atom stereocenters. The highest BCUT2D eigenvalue weighted by Gasteiger charge is 2.37. The molecule has 1 aromatic carbocycles. The predicted molar refractivity (Wildman–Crippen MR) is 115 cm³/mol. The van der Waals surface area contributed by atoms with Gasteiger partial charge in [0.05, 0.1) is 30.9 Å². The predicted octanol–water partition coefficient (Wildman–Crippen LogP) is 3.29. The lowest BCUT2D eigenvalue weighted by Crippen LogP contribution is -2.35. The molecule has 0 radical (unpaired) electrons. The van der Waals surface area contributed by atoms with Crippen LogP contribution in [0.25, 0.3) is 6.08 Å². The maximum absolute atomic E-state index is 12.7. The minimum Gasteiger partial charge on any atom is -0.496 e. The molecule has 0 saturated carbocycles. The van der Waals surface area contributed by atoms with Crippen LogP contribution in [0, 0.1) is 0 Å². The Hall–Kier alpha value is -2.68. The summed E-state index contributed by atoms with van der Waals surface area (Å²) < 4.78 is 16.1. The van der Waals surface area contributed by atoms with Gasteiger partial charge in [0.25, 0.3) is 11.1 Å². The van der Waals surface area contributed by atoms with E-state index in [2.05, 4.69) is 4.90 Å². The monoisotopic (exact) mass is 434 g/mol. The zero-order valence-electron chi connectivity index (χ0n) is 17.6. The minimum absolute atomic E-state index is 0.214. The lowest BCUT2D eigenvalue weighted by atomic mass is 10.1. The summed E-state index contributed by atoms with van der Waals surface area (Å²) in [6.07, 6.45) is 3.52. The molecular formula is C21H26N2O6S. The first-order valence-corrected chi connectivity index (χ1v) is 10.6. The largest absolute Gasteiger partial charge is 0.496 e. The number of carbonyl (C=O) groups excluding carboxylic acids is 3. The molecule has 0 N–H and O–H groups in total. The molecule has 162 valence electrons. The van der Waals surface area contributed by atoms with Crippen LogP contribution in [-0.2, 0) is 14.3 Å². The molecule has 2 fully saturated rings. The second kappa shape index (κ2) is 9.42. The Kier molecular flexibility index (Phi) is 6.91. The van der Waals surface area contributed by atoms with Crippen molar-refractivity contribution in [2.45, 2.75) is 32.8 Å². The fourth-order valence-electron chi connectivity index (χ4n) is 3.43. The Labute approximate surface area is 180 Å². The number of imide groups is 1. The second-order valence-electron chi connectivity index (χ2n) is 7.27. The summed E-state index contributed by atoms with van der Waals surface area (Å²) >= 11 is 0.784. The summed E-state index contributed by atoms with van der Waals surface area (Å²) in [5, 5.41) is -0.508. The molecule has 0 spiro atoms. The quantitative estimate of drug-likeness (QED) is 0.477. The van der Waals surface area contributed by atoms with Crippen molar-refractivity contribution in [2.24, 2.45) is 0 Å². The Morgan fingerprint density at radius 1 is 1.13 bits per heavy atom. The maximum atomic E-state index is 12.7. The van der Waals surface area contributed by atoms with Gasteiger partial charge in [-0.2, -0.15) is 0 Å². The maximum Gasteiger partial charge on any atom is 0.326 e. The Bertz CT molecular complexity index is 876. The number of esters is 1. The van der Waals surface area contributed by atoms with Crippen LogP contribution >= 0.6 is 11.8 Å². The summed E-state index contributed by atoms with van der Waals surface area (Å²) in [6, 6.07) is 3.69. The highest BCUT2D eigenvalue weighted by Crippen LogP contribution is 2.40. The standard InChI is InChI=1S/C21H26N2O6S/c1-13(2)29-19(24)12-23-20(25)18(30-21(23)26)10-14-9-17(28-4)15(11-16(14)27-3)22-7-5-6-8-22/h9-11,13H,5-8,12H2,1-4H3. The van der Waals surface area contributed by atoms with Crippen molar-refractivity contribution in [3.63, 3.8) is 0 Å². The van der Waals surface area contributed by atoms with Crippen molar-refractivity contribution in [2.75, 3.05) is 38.8 Å². The third kappa shape index (κ3) is 4.72. The van der Waals surface area contributed by atoms with Crippen molar-refractivity contribution < 1.29 is 28.6 Å². The van der Waals surface area contributed by atoms with Crippen molar-refractivity contribution in [3.8, 4) is 11.5 Å². The van der Waals surface area contributed by atoms with Gasteiger partial charge in [0.2, 0.25) is 0 Å². The van der Waals surface area contributed by atoms with Gasteiger partial charge in [-0.25, -0.2) is 0 Å². The van der Waals surface area contributed by atoms with Gasteiger partial charge in [-0.3, -0.25) is 19.3 Å². The third-order valence-corrected chi connectivity index (χ3v) is 5.70. The van der Waals surface area contributed by atoms with Crippen molar-refractivity contribution in [1.29, 1.82) is 0 Å². The molecule has 9 heteroatoms. The van der Waals surface area contributed by atoms with Gasteiger partial charge in [0, 0.05) is 24.7 Å². The Morgan fingerprint density at radius 3 is 2.40 bits per heavy atom. The van der Waals surface area contributed by atoms with Gasteiger partial charge >= 0.3 is 5.97 Å². The van der Waals surface area contributed by atoms with Gasteiger partial charge in [-0.1, -0.05) is 0 Å². The van der Waals surface area contributed by atoms with Crippen LogP contribution in [0.3, 0.4) is 0 Å². The minimum atomic E-state index is -0.622. The molecule has 2 heterocycles. The fourth-order valence-corrected chi connectivity index (χ4v) is 4.26. The lowest BCUT2D eigenvalue weighted by molar-refractivity contribution is -0.149. The average molecular weight is 435 g/mol. The van der Waals surface area contributed by atoms with E-state index in [1.165, 1.54) is 0 Å². The van der Waals surface area contributed by atoms with E-state index >= 15 is 0 Å². The van der Waals surface area contributed by atoms with E-state index in [0.717, 1.165) is 48.3 Å². The molecular weight excluding hydrogens is 408 g/mol. The molecule has 0 bridgehead atoms. The molecule has 0 aromatic heterocycles. The van der Waals surface area contributed by atoms with Crippen LogP contribution in [0.15, 0.2) is 17.0 Å². The number of hydrogen-bond acceptors (Lipinski definition) is 8.